The van der Waals surface area contributed by atoms with E-state index in [0.717, 1.165) is 18.5 Å². The van der Waals surface area contributed by atoms with Crippen LogP contribution in [0.4, 0.5) is 4.39 Å². The molecule has 0 aliphatic rings. The van der Waals surface area contributed by atoms with Gasteiger partial charge in [0.05, 0.1) is 0 Å². The van der Waals surface area contributed by atoms with Crippen molar-refractivity contribution in [1.29, 1.82) is 0 Å². The van der Waals surface area contributed by atoms with E-state index in [-0.39, 0.29) is 5.82 Å². The lowest BCUT2D eigenvalue weighted by molar-refractivity contribution is 0.431. The first kappa shape index (κ1) is 15.0. The maximum atomic E-state index is 12.9. The van der Waals surface area contributed by atoms with Gasteiger partial charge in [-0.15, -0.1) is 12.6 Å². The summed E-state index contributed by atoms with van der Waals surface area (Å²) in [4.78, 5) is 2.01. The van der Waals surface area contributed by atoms with E-state index in [0.29, 0.717) is 10.9 Å². The molecule has 0 bridgehead atoms. The van der Waals surface area contributed by atoms with Gasteiger partial charge < -0.3 is 4.90 Å². The van der Waals surface area contributed by atoms with Crippen molar-refractivity contribution in [2.24, 2.45) is 0 Å². The van der Waals surface area contributed by atoms with Gasteiger partial charge in [-0.1, -0.05) is 54.7 Å². The van der Waals surface area contributed by atoms with Crippen LogP contribution in [0.25, 0.3) is 0 Å². The highest BCUT2D eigenvalue weighted by Crippen LogP contribution is 2.10. The van der Waals surface area contributed by atoms with Crippen molar-refractivity contribution in [3.8, 4) is 0 Å². The first-order chi connectivity index (χ1) is 9.65. The number of hydrogen-bond donors (Lipinski definition) is 1. The number of thiocarbonyl (C=S) groups is 1. The summed E-state index contributed by atoms with van der Waals surface area (Å²) < 4.78 is 13.5. The maximum Gasteiger partial charge on any atom is 0.133 e. The van der Waals surface area contributed by atoms with E-state index in [9.17, 15) is 4.39 Å². The van der Waals surface area contributed by atoms with Crippen molar-refractivity contribution in [3.63, 3.8) is 0 Å². The smallest absolute Gasteiger partial charge is 0.133 e. The summed E-state index contributed by atoms with van der Waals surface area (Å²) in [5.74, 6) is -0.224. The van der Waals surface area contributed by atoms with Gasteiger partial charge in [-0.25, -0.2) is 4.39 Å². The highest BCUT2D eigenvalue weighted by Gasteiger charge is 2.07. The molecule has 0 aromatic heterocycles. The van der Waals surface area contributed by atoms with Gasteiger partial charge in [-0.2, -0.15) is 0 Å². The summed E-state index contributed by atoms with van der Waals surface area (Å²) in [6.07, 6.45) is 0.905. The molecule has 0 radical (unpaired) electrons. The normalized spacial score (nSPS) is 10.3. The lowest BCUT2D eigenvalue weighted by atomic mass is 10.1. The van der Waals surface area contributed by atoms with Crippen LogP contribution in [0.2, 0.25) is 0 Å². The van der Waals surface area contributed by atoms with Crippen molar-refractivity contribution < 1.29 is 4.39 Å². The minimum atomic E-state index is -0.224. The number of nitrogens with zero attached hydrogens (tertiary/aromatic N) is 1. The first-order valence-electron chi connectivity index (χ1n) is 6.41. The van der Waals surface area contributed by atoms with Crippen LogP contribution in [0.5, 0.6) is 0 Å². The zero-order chi connectivity index (χ0) is 14.4. The predicted octanol–water partition coefficient (Wildman–Crippen LogP) is 4.09. The van der Waals surface area contributed by atoms with E-state index in [1.165, 1.54) is 17.7 Å². The molecule has 0 amide bonds. The van der Waals surface area contributed by atoms with Gasteiger partial charge in [0, 0.05) is 13.1 Å². The molecule has 0 N–H and O–H groups in total. The van der Waals surface area contributed by atoms with Gasteiger partial charge in [0.15, 0.2) is 0 Å². The Hall–Kier alpha value is -1.39. The van der Waals surface area contributed by atoms with E-state index in [2.05, 4.69) is 24.8 Å². The number of benzene rings is 2. The fraction of sp³-hybridized carbons (Fsp3) is 0.188. The Morgan fingerprint density at radius 2 is 1.65 bits per heavy atom. The highest BCUT2D eigenvalue weighted by molar-refractivity contribution is 8.10. The highest BCUT2D eigenvalue weighted by atomic mass is 32.1. The fourth-order valence-corrected chi connectivity index (χ4v) is 2.29. The minimum absolute atomic E-state index is 0.224. The Labute approximate surface area is 129 Å². The Morgan fingerprint density at radius 1 is 1.00 bits per heavy atom. The molecule has 0 unspecified atom stereocenters. The van der Waals surface area contributed by atoms with Gasteiger partial charge in [0.1, 0.15) is 10.1 Å². The van der Waals surface area contributed by atoms with Crippen LogP contribution in [-0.2, 0) is 13.0 Å². The molecule has 0 heterocycles. The van der Waals surface area contributed by atoms with Gasteiger partial charge in [0.2, 0.25) is 0 Å². The Morgan fingerprint density at radius 3 is 2.25 bits per heavy atom. The summed E-state index contributed by atoms with van der Waals surface area (Å²) in [5.41, 5.74) is 2.29. The van der Waals surface area contributed by atoms with E-state index < -0.39 is 0 Å². The quantitative estimate of drug-likeness (QED) is 0.655. The molecule has 2 aromatic carbocycles. The predicted molar refractivity (Wildman–Crippen MR) is 88.5 cm³/mol. The third-order valence-electron chi connectivity index (χ3n) is 3.07. The Balaban J connectivity index is 1.97. The second-order valence-electron chi connectivity index (χ2n) is 4.57. The largest absolute Gasteiger partial charge is 0.353 e. The molecule has 0 aliphatic heterocycles. The average Bonchev–Trinajstić information content (AvgIpc) is 2.46. The topological polar surface area (TPSA) is 3.24 Å². The minimum Gasteiger partial charge on any atom is -0.353 e. The first-order valence-corrected chi connectivity index (χ1v) is 7.27. The van der Waals surface area contributed by atoms with Crippen molar-refractivity contribution in [2.75, 3.05) is 6.54 Å². The third kappa shape index (κ3) is 4.62. The molecule has 0 saturated carbocycles. The molecule has 0 fully saturated rings. The van der Waals surface area contributed by atoms with Crippen LogP contribution in [0.1, 0.15) is 11.1 Å². The molecule has 0 spiro atoms. The molecular weight excluding hydrogens is 289 g/mol. The zero-order valence-electron chi connectivity index (χ0n) is 11.0. The number of thiol groups is 1. The number of halogens is 1. The van der Waals surface area contributed by atoms with Crippen molar-refractivity contribution >= 4 is 29.2 Å². The SMILES string of the molecule is Fc1ccc(CN(CCc2ccccc2)C(=S)S)cc1. The number of hydrogen-bond acceptors (Lipinski definition) is 1. The molecule has 0 atom stereocenters. The number of rotatable bonds is 5. The molecule has 2 rings (SSSR count). The second-order valence-corrected chi connectivity index (χ2v) is 5.68. The molecule has 4 heteroatoms. The Bertz CT molecular complexity index is 554. The summed E-state index contributed by atoms with van der Waals surface area (Å²) in [6, 6.07) is 16.7. The summed E-state index contributed by atoms with van der Waals surface area (Å²) >= 11 is 9.45. The van der Waals surface area contributed by atoms with E-state index >= 15 is 0 Å². The lowest BCUT2D eigenvalue weighted by Crippen LogP contribution is -2.27. The third-order valence-corrected chi connectivity index (χ3v) is 3.61. The van der Waals surface area contributed by atoms with Crippen molar-refractivity contribution in [3.05, 3.63) is 71.5 Å². The molecule has 0 aliphatic carbocycles. The van der Waals surface area contributed by atoms with Gasteiger partial charge in [-0.05, 0) is 29.7 Å². The van der Waals surface area contributed by atoms with E-state index in [1.807, 2.05) is 23.1 Å². The van der Waals surface area contributed by atoms with Crippen molar-refractivity contribution in [1.82, 2.24) is 4.90 Å². The lowest BCUT2D eigenvalue weighted by Gasteiger charge is -2.22. The van der Waals surface area contributed by atoms with Crippen LogP contribution in [0.15, 0.2) is 54.6 Å². The molecule has 20 heavy (non-hydrogen) atoms. The fourth-order valence-electron chi connectivity index (χ4n) is 1.96. The molecule has 0 saturated heterocycles. The Kier molecular flexibility index (Phi) is 5.56. The molecule has 1 nitrogen and oxygen atoms in total. The average molecular weight is 305 g/mol. The summed E-state index contributed by atoms with van der Waals surface area (Å²) in [6.45, 7) is 1.44. The van der Waals surface area contributed by atoms with Crippen LogP contribution in [0, 0.1) is 5.82 Å². The maximum absolute atomic E-state index is 12.9. The summed E-state index contributed by atoms with van der Waals surface area (Å²) in [7, 11) is 0. The van der Waals surface area contributed by atoms with Gasteiger partial charge in [0.25, 0.3) is 0 Å². The standard InChI is InChI=1S/C16H16FNS2/c17-15-8-6-14(7-9-15)12-18(16(19)20)11-10-13-4-2-1-3-5-13/h1-9H,10-12H2,(H,19,20). The molecule has 2 aromatic rings. The second kappa shape index (κ2) is 7.41. The monoisotopic (exact) mass is 305 g/mol. The van der Waals surface area contributed by atoms with Crippen LogP contribution in [-0.4, -0.2) is 15.8 Å². The van der Waals surface area contributed by atoms with Crippen LogP contribution >= 0.6 is 24.8 Å². The van der Waals surface area contributed by atoms with E-state index in [4.69, 9.17) is 12.2 Å². The van der Waals surface area contributed by atoms with E-state index in [1.54, 1.807) is 12.1 Å². The molecular formula is C16H16FNS2. The zero-order valence-corrected chi connectivity index (χ0v) is 12.7. The van der Waals surface area contributed by atoms with Crippen LogP contribution in [0.3, 0.4) is 0 Å². The van der Waals surface area contributed by atoms with Gasteiger partial charge >= 0.3 is 0 Å². The van der Waals surface area contributed by atoms with Crippen LogP contribution < -0.4 is 0 Å². The summed E-state index contributed by atoms with van der Waals surface area (Å²) in [5, 5.41) is 0. The molecule has 104 valence electrons. The van der Waals surface area contributed by atoms with Gasteiger partial charge in [-0.3, -0.25) is 0 Å². The van der Waals surface area contributed by atoms with Crippen molar-refractivity contribution in [2.45, 2.75) is 13.0 Å².